The van der Waals surface area contributed by atoms with Crippen molar-refractivity contribution >= 4 is 11.6 Å². The lowest BCUT2D eigenvalue weighted by Gasteiger charge is -2.10. The van der Waals surface area contributed by atoms with E-state index in [0.717, 1.165) is 12.1 Å². The second-order valence-electron chi connectivity index (χ2n) is 4.41. The van der Waals surface area contributed by atoms with Gasteiger partial charge in [-0.15, -0.1) is 6.42 Å². The highest BCUT2D eigenvalue weighted by molar-refractivity contribution is 6.06. The molecule has 0 heterocycles. The lowest BCUT2D eigenvalue weighted by molar-refractivity contribution is -0.137. The molecule has 0 aliphatic rings. The Hall–Kier alpha value is -2.94. The number of carbonyl (C=O) groups is 1. The molecule has 3 nitrogen and oxygen atoms in total. The predicted molar refractivity (Wildman–Crippen MR) is 75.4 cm³/mol. The number of hydrogen-bond acceptors (Lipinski definition) is 2. The van der Waals surface area contributed by atoms with Gasteiger partial charge in [-0.25, -0.2) is 0 Å². The van der Waals surface area contributed by atoms with Crippen molar-refractivity contribution in [2.75, 3.05) is 5.32 Å². The first-order valence-electron chi connectivity index (χ1n) is 6.09. The molecule has 2 aromatic carbocycles. The molecule has 0 spiro atoms. The number of alkyl halides is 3. The fourth-order valence-corrected chi connectivity index (χ4v) is 1.78. The van der Waals surface area contributed by atoms with Crippen LogP contribution in [-0.2, 0) is 6.18 Å². The van der Waals surface area contributed by atoms with E-state index in [1.807, 2.05) is 0 Å². The molecule has 2 N–H and O–H groups in total. The second-order valence-corrected chi connectivity index (χ2v) is 4.41. The van der Waals surface area contributed by atoms with Gasteiger partial charge in [0.1, 0.15) is 5.75 Å². The minimum atomic E-state index is -4.51. The standard InChI is InChI=1S/C16H10F3NO2/c1-2-10-6-7-14(21)13(8-10)15(22)20-12-5-3-4-11(9-12)16(17,18)19/h1,3-9,21H,(H,20,22). The first-order valence-corrected chi connectivity index (χ1v) is 6.09. The lowest BCUT2D eigenvalue weighted by atomic mass is 10.1. The molecule has 0 aliphatic heterocycles. The van der Waals surface area contributed by atoms with Crippen LogP contribution >= 0.6 is 0 Å². The first-order chi connectivity index (χ1) is 10.3. The maximum absolute atomic E-state index is 12.6. The molecule has 0 aromatic heterocycles. The third-order valence-electron chi connectivity index (χ3n) is 2.86. The van der Waals surface area contributed by atoms with Crippen molar-refractivity contribution in [1.82, 2.24) is 0 Å². The van der Waals surface area contributed by atoms with Gasteiger partial charge in [0.05, 0.1) is 11.1 Å². The van der Waals surface area contributed by atoms with E-state index in [-0.39, 0.29) is 17.0 Å². The molecule has 0 fully saturated rings. The van der Waals surface area contributed by atoms with Crippen molar-refractivity contribution in [3.63, 3.8) is 0 Å². The van der Waals surface area contributed by atoms with Gasteiger partial charge in [-0.05, 0) is 36.4 Å². The number of anilines is 1. The fourth-order valence-electron chi connectivity index (χ4n) is 1.78. The molecule has 0 saturated heterocycles. The molecule has 0 radical (unpaired) electrons. The van der Waals surface area contributed by atoms with Crippen LogP contribution in [0.3, 0.4) is 0 Å². The number of aromatic hydroxyl groups is 1. The van der Waals surface area contributed by atoms with Crippen molar-refractivity contribution < 1.29 is 23.1 Å². The maximum atomic E-state index is 12.6. The molecule has 112 valence electrons. The van der Waals surface area contributed by atoms with E-state index in [0.29, 0.717) is 5.56 Å². The van der Waals surface area contributed by atoms with E-state index in [4.69, 9.17) is 6.42 Å². The normalized spacial score (nSPS) is 10.8. The van der Waals surface area contributed by atoms with Crippen molar-refractivity contribution in [2.24, 2.45) is 0 Å². The third-order valence-corrected chi connectivity index (χ3v) is 2.86. The smallest absolute Gasteiger partial charge is 0.416 e. The summed E-state index contributed by atoms with van der Waals surface area (Å²) >= 11 is 0. The number of hydrogen-bond donors (Lipinski definition) is 2. The molecular weight excluding hydrogens is 295 g/mol. The van der Waals surface area contributed by atoms with Crippen LogP contribution in [0.1, 0.15) is 21.5 Å². The molecule has 0 unspecified atom stereocenters. The molecule has 22 heavy (non-hydrogen) atoms. The van der Waals surface area contributed by atoms with Gasteiger partial charge in [0.25, 0.3) is 5.91 Å². The Balaban J connectivity index is 2.28. The van der Waals surface area contributed by atoms with Crippen LogP contribution in [0, 0.1) is 12.3 Å². The van der Waals surface area contributed by atoms with Gasteiger partial charge in [0.2, 0.25) is 0 Å². The summed E-state index contributed by atoms with van der Waals surface area (Å²) in [4.78, 5) is 12.0. The number of carbonyl (C=O) groups excluding carboxylic acids is 1. The zero-order valence-electron chi connectivity index (χ0n) is 11.1. The SMILES string of the molecule is C#Cc1ccc(O)c(C(=O)Nc2cccc(C(F)(F)F)c2)c1. The second kappa shape index (κ2) is 5.82. The van der Waals surface area contributed by atoms with Crippen LogP contribution in [0.4, 0.5) is 18.9 Å². The van der Waals surface area contributed by atoms with E-state index in [2.05, 4.69) is 11.2 Å². The molecule has 6 heteroatoms. The van der Waals surface area contributed by atoms with Gasteiger partial charge >= 0.3 is 6.18 Å². The van der Waals surface area contributed by atoms with Crippen molar-refractivity contribution in [3.8, 4) is 18.1 Å². The average molecular weight is 305 g/mol. The highest BCUT2D eigenvalue weighted by Gasteiger charge is 2.30. The number of phenols is 1. The number of rotatable bonds is 2. The third kappa shape index (κ3) is 3.38. The minimum Gasteiger partial charge on any atom is -0.507 e. The summed E-state index contributed by atoms with van der Waals surface area (Å²) in [5.74, 6) is 1.23. The summed E-state index contributed by atoms with van der Waals surface area (Å²) in [6.45, 7) is 0. The molecule has 2 rings (SSSR count). The van der Waals surface area contributed by atoms with Crippen molar-refractivity contribution in [3.05, 3.63) is 59.2 Å². The summed E-state index contributed by atoms with van der Waals surface area (Å²) in [5, 5.41) is 11.9. The van der Waals surface area contributed by atoms with Crippen LogP contribution in [0.2, 0.25) is 0 Å². The lowest BCUT2D eigenvalue weighted by Crippen LogP contribution is -2.13. The van der Waals surface area contributed by atoms with Crippen LogP contribution in [0.5, 0.6) is 5.75 Å². The molecule has 0 bridgehead atoms. The molecule has 2 aromatic rings. The van der Waals surface area contributed by atoms with Gasteiger partial charge in [-0.1, -0.05) is 12.0 Å². The Bertz CT molecular complexity index is 761. The van der Waals surface area contributed by atoms with Crippen LogP contribution in [-0.4, -0.2) is 11.0 Å². The van der Waals surface area contributed by atoms with Gasteiger partial charge < -0.3 is 10.4 Å². The van der Waals surface area contributed by atoms with Crippen LogP contribution < -0.4 is 5.32 Å². The number of nitrogens with one attached hydrogen (secondary N) is 1. The fraction of sp³-hybridized carbons (Fsp3) is 0.0625. The Morgan fingerprint density at radius 2 is 1.91 bits per heavy atom. The first kappa shape index (κ1) is 15.4. The Labute approximate surface area is 124 Å². The summed E-state index contributed by atoms with van der Waals surface area (Å²) in [7, 11) is 0. The zero-order valence-corrected chi connectivity index (χ0v) is 11.1. The summed E-state index contributed by atoms with van der Waals surface area (Å²) in [5.41, 5.74) is -0.669. The van der Waals surface area contributed by atoms with Gasteiger partial charge in [0, 0.05) is 11.3 Å². The van der Waals surface area contributed by atoms with Gasteiger partial charge in [-0.2, -0.15) is 13.2 Å². The van der Waals surface area contributed by atoms with Crippen molar-refractivity contribution in [1.29, 1.82) is 0 Å². The Morgan fingerprint density at radius 3 is 2.55 bits per heavy atom. The van der Waals surface area contributed by atoms with Gasteiger partial charge in [-0.3, -0.25) is 4.79 Å². The monoisotopic (exact) mass is 305 g/mol. The highest BCUT2D eigenvalue weighted by atomic mass is 19.4. The molecule has 0 aliphatic carbocycles. The van der Waals surface area contributed by atoms with E-state index in [1.165, 1.54) is 30.3 Å². The van der Waals surface area contributed by atoms with E-state index >= 15 is 0 Å². The summed E-state index contributed by atoms with van der Waals surface area (Å²) < 4.78 is 37.8. The maximum Gasteiger partial charge on any atom is 0.416 e. The van der Waals surface area contributed by atoms with Crippen LogP contribution in [0.25, 0.3) is 0 Å². The molecule has 0 saturated carbocycles. The quantitative estimate of drug-likeness (QED) is 0.832. The zero-order chi connectivity index (χ0) is 16.3. The van der Waals surface area contributed by atoms with E-state index < -0.39 is 17.6 Å². The number of amides is 1. The minimum absolute atomic E-state index is 0.0367. The average Bonchev–Trinajstić information content (AvgIpc) is 2.47. The summed E-state index contributed by atoms with van der Waals surface area (Å²) in [6.07, 6.45) is 0.693. The Morgan fingerprint density at radius 1 is 1.18 bits per heavy atom. The number of terminal acetylenes is 1. The number of benzene rings is 2. The van der Waals surface area contributed by atoms with Crippen molar-refractivity contribution in [2.45, 2.75) is 6.18 Å². The van der Waals surface area contributed by atoms with Gasteiger partial charge in [0.15, 0.2) is 0 Å². The molecule has 0 atom stereocenters. The highest BCUT2D eigenvalue weighted by Crippen LogP contribution is 2.31. The largest absolute Gasteiger partial charge is 0.507 e. The predicted octanol–water partition coefficient (Wildman–Crippen LogP) is 3.64. The molecular formula is C16H10F3NO2. The molecule has 1 amide bonds. The number of halogens is 3. The van der Waals surface area contributed by atoms with E-state index in [9.17, 15) is 23.1 Å². The van der Waals surface area contributed by atoms with Crippen LogP contribution in [0.15, 0.2) is 42.5 Å². The Kier molecular flexibility index (Phi) is 4.08. The topological polar surface area (TPSA) is 49.3 Å². The summed E-state index contributed by atoms with van der Waals surface area (Å²) in [6, 6.07) is 8.16. The van der Waals surface area contributed by atoms with E-state index in [1.54, 1.807) is 0 Å². The number of phenolic OH excluding ortho intramolecular Hbond substituents is 1.